The van der Waals surface area contributed by atoms with Crippen LogP contribution in [0.4, 0.5) is 24.5 Å². The molecule has 2 aromatic carbocycles. The molecule has 0 spiro atoms. The molecule has 1 amide bonds. The Balaban J connectivity index is 2.08. The van der Waals surface area contributed by atoms with Crippen molar-refractivity contribution in [3.8, 4) is 0 Å². The van der Waals surface area contributed by atoms with E-state index in [1.807, 2.05) is 4.72 Å². The number of carbonyl (C=O) groups is 1. The van der Waals surface area contributed by atoms with Crippen molar-refractivity contribution in [2.45, 2.75) is 11.1 Å². The topological polar surface area (TPSA) is 101 Å². The van der Waals surface area contributed by atoms with Crippen LogP contribution in [-0.4, -0.2) is 20.9 Å². The zero-order valence-electron chi connectivity index (χ0n) is 13.3. The van der Waals surface area contributed by atoms with Gasteiger partial charge in [0.1, 0.15) is 0 Å². The van der Waals surface area contributed by atoms with Crippen molar-refractivity contribution in [3.05, 3.63) is 52.0 Å². The zero-order valence-corrected chi connectivity index (χ0v) is 15.6. The van der Waals surface area contributed by atoms with E-state index in [-0.39, 0.29) is 21.4 Å². The first kappa shape index (κ1) is 21.3. The van der Waals surface area contributed by atoms with Gasteiger partial charge in [-0.15, -0.1) is 0 Å². The van der Waals surface area contributed by atoms with Gasteiger partial charge in [-0.1, -0.05) is 29.3 Å². The van der Waals surface area contributed by atoms with Gasteiger partial charge in [0.25, 0.3) is 0 Å². The molecule has 0 heterocycles. The lowest BCUT2D eigenvalue weighted by Crippen LogP contribution is -2.33. The lowest BCUT2D eigenvalue weighted by atomic mass is 10.2. The summed E-state index contributed by atoms with van der Waals surface area (Å²) in [5.41, 5.74) is 4.71. The largest absolute Gasteiger partial charge is 0.416 e. The molecule has 4 N–H and O–H groups in total. The number of rotatable bonds is 5. The van der Waals surface area contributed by atoms with Gasteiger partial charge in [-0.2, -0.15) is 13.2 Å². The molecule has 0 fully saturated rings. The van der Waals surface area contributed by atoms with Crippen molar-refractivity contribution in [2.24, 2.45) is 0 Å². The van der Waals surface area contributed by atoms with Crippen molar-refractivity contribution in [1.82, 2.24) is 4.72 Å². The molecule has 2 rings (SSSR count). The fraction of sp³-hybridized carbons (Fsp3) is 0.133. The third kappa shape index (κ3) is 5.48. The second-order valence-corrected chi connectivity index (χ2v) is 7.83. The van der Waals surface area contributed by atoms with Gasteiger partial charge in [-0.25, -0.2) is 13.1 Å². The minimum atomic E-state index is -4.70. The Labute approximate surface area is 162 Å². The minimum absolute atomic E-state index is 0.0855. The molecule has 12 heteroatoms. The highest BCUT2D eigenvalue weighted by Gasteiger charge is 2.31. The average Bonchev–Trinajstić information content (AvgIpc) is 2.57. The second kappa shape index (κ2) is 7.93. The lowest BCUT2D eigenvalue weighted by molar-refractivity contribution is -0.137. The fourth-order valence-electron chi connectivity index (χ4n) is 1.95. The molecule has 0 aliphatic rings. The maximum Gasteiger partial charge on any atom is 0.416 e. The summed E-state index contributed by atoms with van der Waals surface area (Å²) in [5.74, 6) is -0.789. The molecule has 0 radical (unpaired) electrons. The molecule has 0 aromatic heterocycles. The minimum Gasteiger partial charge on any atom is -0.396 e. The molecular weight excluding hydrogens is 430 g/mol. The Bertz CT molecular complexity index is 959. The van der Waals surface area contributed by atoms with Crippen LogP contribution >= 0.6 is 23.2 Å². The SMILES string of the molecule is Nc1c(Cl)cc(NC(=O)CNS(=O)(=O)c2cccc(C(F)(F)F)c2)cc1Cl. The summed E-state index contributed by atoms with van der Waals surface area (Å²) in [6.45, 7) is -0.724. The lowest BCUT2D eigenvalue weighted by Gasteiger charge is -2.11. The Morgan fingerprint density at radius 2 is 1.70 bits per heavy atom. The molecule has 0 aliphatic carbocycles. The van der Waals surface area contributed by atoms with Gasteiger partial charge < -0.3 is 11.1 Å². The molecule has 0 atom stereocenters. The van der Waals surface area contributed by atoms with Gasteiger partial charge in [0, 0.05) is 5.69 Å². The van der Waals surface area contributed by atoms with Crippen LogP contribution in [0.25, 0.3) is 0 Å². The van der Waals surface area contributed by atoms with Gasteiger partial charge in [-0.05, 0) is 30.3 Å². The predicted octanol–water partition coefficient (Wildman–Crippen LogP) is 3.51. The summed E-state index contributed by atoms with van der Waals surface area (Å²) in [5, 5.41) is 2.51. The van der Waals surface area contributed by atoms with Gasteiger partial charge >= 0.3 is 6.18 Å². The molecule has 6 nitrogen and oxygen atoms in total. The number of benzene rings is 2. The third-order valence-electron chi connectivity index (χ3n) is 3.26. The number of alkyl halides is 3. The van der Waals surface area contributed by atoms with E-state index in [0.717, 1.165) is 18.2 Å². The van der Waals surface area contributed by atoms with Gasteiger partial charge in [0.15, 0.2) is 0 Å². The summed E-state index contributed by atoms with van der Waals surface area (Å²) in [4.78, 5) is 11.3. The Hall–Kier alpha value is -2.01. The van der Waals surface area contributed by atoms with E-state index < -0.39 is 39.1 Å². The number of carbonyl (C=O) groups excluding carboxylic acids is 1. The Morgan fingerprint density at radius 1 is 1.11 bits per heavy atom. The molecule has 146 valence electrons. The number of sulfonamides is 1. The molecule has 0 saturated carbocycles. The highest BCUT2D eigenvalue weighted by Crippen LogP contribution is 2.31. The van der Waals surface area contributed by atoms with Crippen LogP contribution in [0, 0.1) is 0 Å². The van der Waals surface area contributed by atoms with E-state index >= 15 is 0 Å². The first-order chi connectivity index (χ1) is 12.4. The number of hydrogen-bond acceptors (Lipinski definition) is 4. The van der Waals surface area contributed by atoms with E-state index in [0.29, 0.717) is 6.07 Å². The van der Waals surface area contributed by atoms with Crippen molar-refractivity contribution >= 4 is 50.5 Å². The first-order valence-corrected chi connectivity index (χ1v) is 9.35. The molecule has 2 aromatic rings. The Morgan fingerprint density at radius 3 is 2.26 bits per heavy atom. The van der Waals surface area contributed by atoms with Crippen LogP contribution in [0.1, 0.15) is 5.56 Å². The normalized spacial score (nSPS) is 12.0. The number of nitrogens with two attached hydrogens (primary N) is 1. The molecule has 0 bridgehead atoms. The summed E-state index contributed by atoms with van der Waals surface area (Å²) in [6.07, 6.45) is -4.70. The number of nitrogens with one attached hydrogen (secondary N) is 2. The van der Waals surface area contributed by atoms with Crippen LogP contribution in [0.2, 0.25) is 10.0 Å². The predicted molar refractivity (Wildman–Crippen MR) is 96.1 cm³/mol. The molecular formula is C15H12Cl2F3N3O3S. The van der Waals surface area contributed by atoms with Crippen molar-refractivity contribution in [2.75, 3.05) is 17.6 Å². The van der Waals surface area contributed by atoms with E-state index in [4.69, 9.17) is 28.9 Å². The van der Waals surface area contributed by atoms with E-state index in [9.17, 15) is 26.4 Å². The number of amides is 1. The smallest absolute Gasteiger partial charge is 0.396 e. The molecule has 0 saturated heterocycles. The number of nitrogen functional groups attached to an aromatic ring is 1. The average molecular weight is 442 g/mol. The summed E-state index contributed by atoms with van der Waals surface area (Å²) in [7, 11) is -4.34. The highest BCUT2D eigenvalue weighted by atomic mass is 35.5. The summed E-state index contributed by atoms with van der Waals surface area (Å²) in [6, 6.07) is 5.76. The molecule has 0 unspecified atom stereocenters. The molecule has 27 heavy (non-hydrogen) atoms. The molecule has 0 aliphatic heterocycles. The standard InChI is InChI=1S/C15H12Cl2F3N3O3S/c16-11-5-9(6-12(17)14(11)21)23-13(24)7-22-27(25,26)10-3-1-2-8(4-10)15(18,19)20/h1-6,22H,7,21H2,(H,23,24). The van der Waals surface area contributed by atoms with Crippen LogP contribution in [0.3, 0.4) is 0 Å². The van der Waals surface area contributed by atoms with E-state index in [1.165, 1.54) is 12.1 Å². The van der Waals surface area contributed by atoms with E-state index in [2.05, 4.69) is 5.32 Å². The fourth-order valence-corrected chi connectivity index (χ4v) is 3.46. The second-order valence-electron chi connectivity index (χ2n) is 5.25. The number of halogens is 5. The maximum absolute atomic E-state index is 12.7. The summed E-state index contributed by atoms with van der Waals surface area (Å²) < 4.78 is 64.2. The van der Waals surface area contributed by atoms with E-state index in [1.54, 1.807) is 0 Å². The van der Waals surface area contributed by atoms with Crippen molar-refractivity contribution < 1.29 is 26.4 Å². The zero-order chi connectivity index (χ0) is 20.4. The quantitative estimate of drug-likeness (QED) is 0.617. The van der Waals surface area contributed by atoms with Gasteiger partial charge in [-0.3, -0.25) is 4.79 Å². The van der Waals surface area contributed by atoms with Crippen LogP contribution in [0.15, 0.2) is 41.3 Å². The first-order valence-electron chi connectivity index (χ1n) is 7.11. The van der Waals surface area contributed by atoms with Crippen LogP contribution in [-0.2, 0) is 21.0 Å². The summed E-state index contributed by atoms with van der Waals surface area (Å²) >= 11 is 11.6. The highest BCUT2D eigenvalue weighted by molar-refractivity contribution is 7.89. The van der Waals surface area contributed by atoms with Gasteiger partial charge in [0.2, 0.25) is 15.9 Å². The van der Waals surface area contributed by atoms with Gasteiger partial charge in [0.05, 0.1) is 32.7 Å². The Kier molecular flexibility index (Phi) is 6.25. The van der Waals surface area contributed by atoms with Crippen LogP contribution in [0.5, 0.6) is 0 Å². The third-order valence-corrected chi connectivity index (χ3v) is 5.28. The maximum atomic E-state index is 12.7. The monoisotopic (exact) mass is 441 g/mol. The number of anilines is 2. The van der Waals surface area contributed by atoms with Crippen molar-refractivity contribution in [1.29, 1.82) is 0 Å². The number of hydrogen-bond donors (Lipinski definition) is 3. The van der Waals surface area contributed by atoms with Crippen LogP contribution < -0.4 is 15.8 Å². The van der Waals surface area contributed by atoms with Crippen molar-refractivity contribution in [3.63, 3.8) is 0 Å².